The second kappa shape index (κ2) is 6.64. The van der Waals surface area contributed by atoms with Crippen molar-refractivity contribution in [2.24, 2.45) is 0 Å². The number of aliphatic hydroxyl groups excluding tert-OH is 1. The van der Waals surface area contributed by atoms with Crippen molar-refractivity contribution in [3.8, 4) is 0 Å². The summed E-state index contributed by atoms with van der Waals surface area (Å²) >= 11 is 17.8. The van der Waals surface area contributed by atoms with E-state index in [4.69, 9.17) is 44.7 Å². The molecule has 3 nitrogen and oxygen atoms in total. The van der Waals surface area contributed by atoms with Gasteiger partial charge >= 0.3 is 0 Å². The van der Waals surface area contributed by atoms with Crippen molar-refractivity contribution < 1.29 is 9.94 Å². The zero-order chi connectivity index (χ0) is 12.1. The Hall–Kier alpha value is -0.0300. The summed E-state index contributed by atoms with van der Waals surface area (Å²) in [7, 11) is 1.48. The summed E-state index contributed by atoms with van der Waals surface area (Å²) in [5, 5.41) is 10.5. The molecule has 0 radical (unpaired) electrons. The molecule has 90 valence electrons. The first-order chi connectivity index (χ1) is 7.58. The van der Waals surface area contributed by atoms with Crippen LogP contribution in [-0.4, -0.2) is 24.9 Å². The molecule has 1 aromatic carbocycles. The molecule has 0 bridgehead atoms. The topological polar surface area (TPSA) is 41.5 Å². The van der Waals surface area contributed by atoms with Crippen molar-refractivity contribution in [2.75, 3.05) is 13.7 Å². The van der Waals surface area contributed by atoms with E-state index in [2.05, 4.69) is 5.48 Å². The molecule has 16 heavy (non-hydrogen) atoms. The van der Waals surface area contributed by atoms with Crippen LogP contribution in [0.1, 0.15) is 5.56 Å². The number of hydrogen-bond donors (Lipinski definition) is 2. The fourth-order valence-electron chi connectivity index (χ4n) is 1.32. The van der Waals surface area contributed by atoms with Crippen molar-refractivity contribution in [1.29, 1.82) is 0 Å². The number of nitrogens with one attached hydrogen (secondary N) is 1. The van der Waals surface area contributed by atoms with Crippen LogP contribution in [0.3, 0.4) is 0 Å². The molecule has 0 spiro atoms. The molecule has 0 saturated carbocycles. The summed E-state index contributed by atoms with van der Waals surface area (Å²) in [6.07, 6.45) is 0.458. The third-order valence-corrected chi connectivity index (χ3v) is 2.95. The highest BCUT2D eigenvalue weighted by Crippen LogP contribution is 2.29. The van der Waals surface area contributed by atoms with E-state index in [0.29, 0.717) is 21.5 Å². The normalized spacial score (nSPS) is 12.8. The first-order valence-corrected chi connectivity index (χ1v) is 5.74. The van der Waals surface area contributed by atoms with Crippen LogP contribution < -0.4 is 5.48 Å². The zero-order valence-electron chi connectivity index (χ0n) is 8.64. The van der Waals surface area contributed by atoms with Gasteiger partial charge in [-0.1, -0.05) is 34.8 Å². The van der Waals surface area contributed by atoms with E-state index in [9.17, 15) is 0 Å². The van der Waals surface area contributed by atoms with Crippen LogP contribution in [0.4, 0.5) is 0 Å². The van der Waals surface area contributed by atoms with Crippen molar-refractivity contribution in [3.63, 3.8) is 0 Å². The predicted molar refractivity (Wildman–Crippen MR) is 66.2 cm³/mol. The van der Waals surface area contributed by atoms with Crippen LogP contribution in [0.2, 0.25) is 15.1 Å². The average molecular weight is 285 g/mol. The van der Waals surface area contributed by atoms with E-state index >= 15 is 0 Å². The lowest BCUT2D eigenvalue weighted by Crippen LogP contribution is -2.33. The van der Waals surface area contributed by atoms with Gasteiger partial charge in [0, 0.05) is 15.1 Å². The summed E-state index contributed by atoms with van der Waals surface area (Å²) in [6, 6.07) is 2.97. The first-order valence-electron chi connectivity index (χ1n) is 4.61. The standard InChI is InChI=1S/C10H12Cl3NO2/c1-16-14-7(5-15)4-8-9(12)2-6(11)3-10(8)13/h2-3,7,14-15H,4-5H2,1H3. The average Bonchev–Trinajstić information content (AvgIpc) is 2.21. The summed E-state index contributed by atoms with van der Waals surface area (Å²) in [5.41, 5.74) is 3.38. The minimum atomic E-state index is -0.263. The quantitative estimate of drug-likeness (QED) is 0.817. The van der Waals surface area contributed by atoms with Crippen LogP contribution in [0, 0.1) is 0 Å². The van der Waals surface area contributed by atoms with Gasteiger partial charge in [-0.2, -0.15) is 5.48 Å². The lowest BCUT2D eigenvalue weighted by atomic mass is 10.1. The molecule has 6 heteroatoms. The lowest BCUT2D eigenvalue weighted by Gasteiger charge is -2.16. The van der Waals surface area contributed by atoms with Gasteiger partial charge in [0.25, 0.3) is 0 Å². The smallest absolute Gasteiger partial charge is 0.0610 e. The van der Waals surface area contributed by atoms with Gasteiger partial charge in [0.05, 0.1) is 19.8 Å². The Bertz CT molecular complexity index is 337. The minimum Gasteiger partial charge on any atom is -0.395 e. The number of aliphatic hydroxyl groups is 1. The molecule has 0 aliphatic heterocycles. The highest BCUT2D eigenvalue weighted by Gasteiger charge is 2.14. The number of rotatable bonds is 5. The zero-order valence-corrected chi connectivity index (χ0v) is 10.9. The van der Waals surface area contributed by atoms with Gasteiger partial charge in [0.15, 0.2) is 0 Å². The highest BCUT2D eigenvalue weighted by atomic mass is 35.5. The monoisotopic (exact) mass is 283 g/mol. The fourth-order valence-corrected chi connectivity index (χ4v) is 2.29. The summed E-state index contributed by atoms with van der Waals surface area (Å²) in [4.78, 5) is 4.75. The number of halogens is 3. The largest absolute Gasteiger partial charge is 0.395 e. The molecule has 2 N–H and O–H groups in total. The first kappa shape index (κ1) is 14.0. The molecule has 0 amide bonds. The molecular weight excluding hydrogens is 272 g/mol. The molecule has 1 unspecified atom stereocenters. The third-order valence-electron chi connectivity index (χ3n) is 2.06. The minimum absolute atomic E-state index is 0.0802. The van der Waals surface area contributed by atoms with Gasteiger partial charge in [0.1, 0.15) is 0 Å². The number of hydroxylamine groups is 1. The van der Waals surface area contributed by atoms with Gasteiger partial charge in [0.2, 0.25) is 0 Å². The van der Waals surface area contributed by atoms with Crippen LogP contribution in [0.5, 0.6) is 0 Å². The predicted octanol–water partition coefficient (Wildman–Crippen LogP) is 2.70. The van der Waals surface area contributed by atoms with Crippen molar-refractivity contribution in [2.45, 2.75) is 12.5 Å². The Labute approximate surface area is 109 Å². The van der Waals surface area contributed by atoms with E-state index in [0.717, 1.165) is 5.56 Å². The molecule has 0 saturated heterocycles. The van der Waals surface area contributed by atoms with E-state index < -0.39 is 0 Å². The molecule has 0 aromatic heterocycles. The Morgan fingerprint density at radius 3 is 2.31 bits per heavy atom. The van der Waals surface area contributed by atoms with Crippen LogP contribution in [0.25, 0.3) is 0 Å². The second-order valence-electron chi connectivity index (χ2n) is 3.25. The molecule has 0 aliphatic rings. The SMILES string of the molecule is CONC(CO)Cc1c(Cl)cc(Cl)cc1Cl. The van der Waals surface area contributed by atoms with Gasteiger partial charge in [-0.15, -0.1) is 0 Å². The molecule has 1 rings (SSSR count). The molecular formula is C10H12Cl3NO2. The van der Waals surface area contributed by atoms with E-state index in [-0.39, 0.29) is 12.6 Å². The summed E-state index contributed by atoms with van der Waals surface area (Å²) in [5.74, 6) is 0. The van der Waals surface area contributed by atoms with E-state index in [1.807, 2.05) is 0 Å². The Morgan fingerprint density at radius 2 is 1.88 bits per heavy atom. The molecule has 0 heterocycles. The molecule has 1 aromatic rings. The molecule has 0 aliphatic carbocycles. The third kappa shape index (κ3) is 3.77. The van der Waals surface area contributed by atoms with Gasteiger partial charge in [-0.25, -0.2) is 0 Å². The van der Waals surface area contributed by atoms with Crippen LogP contribution in [0.15, 0.2) is 12.1 Å². The summed E-state index contributed by atoms with van der Waals surface area (Å²) in [6.45, 7) is -0.0802. The summed E-state index contributed by atoms with van der Waals surface area (Å²) < 4.78 is 0. The van der Waals surface area contributed by atoms with Gasteiger partial charge in [-0.3, -0.25) is 0 Å². The maximum Gasteiger partial charge on any atom is 0.0610 e. The second-order valence-corrected chi connectivity index (χ2v) is 4.50. The van der Waals surface area contributed by atoms with Gasteiger partial charge < -0.3 is 9.94 Å². The van der Waals surface area contributed by atoms with Crippen molar-refractivity contribution in [3.05, 3.63) is 32.8 Å². The van der Waals surface area contributed by atoms with Crippen molar-refractivity contribution in [1.82, 2.24) is 5.48 Å². The lowest BCUT2D eigenvalue weighted by molar-refractivity contribution is 0.0403. The fraction of sp³-hybridized carbons (Fsp3) is 0.400. The Balaban J connectivity index is 2.87. The Kier molecular flexibility index (Phi) is 5.83. The van der Waals surface area contributed by atoms with Crippen LogP contribution in [-0.2, 0) is 11.3 Å². The number of benzene rings is 1. The maximum atomic E-state index is 9.10. The van der Waals surface area contributed by atoms with E-state index in [1.165, 1.54) is 7.11 Å². The van der Waals surface area contributed by atoms with E-state index in [1.54, 1.807) is 12.1 Å². The van der Waals surface area contributed by atoms with Gasteiger partial charge in [-0.05, 0) is 24.1 Å². The number of hydrogen-bond acceptors (Lipinski definition) is 3. The highest BCUT2D eigenvalue weighted by molar-refractivity contribution is 6.39. The molecule has 1 atom stereocenters. The van der Waals surface area contributed by atoms with Crippen LogP contribution >= 0.6 is 34.8 Å². The van der Waals surface area contributed by atoms with Crippen molar-refractivity contribution >= 4 is 34.8 Å². The maximum absolute atomic E-state index is 9.10. The Morgan fingerprint density at radius 1 is 1.31 bits per heavy atom. The molecule has 0 fully saturated rings.